The summed E-state index contributed by atoms with van der Waals surface area (Å²) in [6.07, 6.45) is 0.732. The molecule has 0 radical (unpaired) electrons. The number of carbonyl (C=O) groups excluding carboxylic acids is 3. The van der Waals surface area contributed by atoms with Crippen LogP contribution in [-0.4, -0.2) is 63.9 Å². The SMILES string of the molecule is COc1ccc2c(C(=O)c3cc(OC)c(OC)c(OC)c3)cn(C(=O)CNC(=O)OCC3c4ccccc4-c4ccccc43)c2c1. The van der Waals surface area contributed by atoms with E-state index in [1.807, 2.05) is 36.4 Å². The Morgan fingerprint density at radius 2 is 1.39 bits per heavy atom. The van der Waals surface area contributed by atoms with Crippen LogP contribution in [0.5, 0.6) is 23.0 Å². The van der Waals surface area contributed by atoms with Crippen LogP contribution in [0.1, 0.15) is 37.8 Å². The van der Waals surface area contributed by atoms with E-state index in [9.17, 15) is 14.4 Å². The number of rotatable bonds is 10. The van der Waals surface area contributed by atoms with Crippen molar-refractivity contribution in [3.05, 3.63) is 107 Å². The summed E-state index contributed by atoms with van der Waals surface area (Å²) in [5.74, 6) is 0.525. The predicted octanol–water partition coefficient (Wildman–Crippen LogP) is 6.09. The van der Waals surface area contributed by atoms with Gasteiger partial charge in [-0.05, 0) is 46.5 Å². The van der Waals surface area contributed by atoms with Crippen molar-refractivity contribution < 1.29 is 38.1 Å². The van der Waals surface area contributed by atoms with Gasteiger partial charge in [-0.25, -0.2) is 4.79 Å². The van der Waals surface area contributed by atoms with Crippen molar-refractivity contribution in [1.82, 2.24) is 9.88 Å². The molecule has 0 spiro atoms. The summed E-state index contributed by atoms with van der Waals surface area (Å²) in [4.78, 5) is 40.1. The van der Waals surface area contributed by atoms with Gasteiger partial charge in [0.1, 0.15) is 18.9 Å². The number of carbonyl (C=O) groups is 3. The molecule has 0 saturated carbocycles. The van der Waals surface area contributed by atoms with Crippen molar-refractivity contribution >= 4 is 28.7 Å². The molecule has 1 amide bonds. The Hall–Kier alpha value is -5.77. The summed E-state index contributed by atoms with van der Waals surface area (Å²) >= 11 is 0. The fourth-order valence-electron chi connectivity index (χ4n) is 5.97. The molecule has 1 aromatic heterocycles. The van der Waals surface area contributed by atoms with E-state index in [2.05, 4.69) is 17.4 Å². The van der Waals surface area contributed by atoms with E-state index in [1.165, 1.54) is 39.2 Å². The van der Waals surface area contributed by atoms with E-state index in [4.69, 9.17) is 23.7 Å². The zero-order valence-electron chi connectivity index (χ0n) is 25.8. The van der Waals surface area contributed by atoms with Crippen LogP contribution in [0.3, 0.4) is 0 Å². The maximum Gasteiger partial charge on any atom is 0.407 e. The third-order valence-corrected chi connectivity index (χ3v) is 8.18. The first-order valence-electron chi connectivity index (χ1n) is 14.5. The summed E-state index contributed by atoms with van der Waals surface area (Å²) < 4.78 is 28.5. The Bertz CT molecular complexity index is 1910. The van der Waals surface area contributed by atoms with E-state index >= 15 is 0 Å². The molecule has 1 heterocycles. The van der Waals surface area contributed by atoms with Gasteiger partial charge in [-0.3, -0.25) is 14.2 Å². The molecule has 0 atom stereocenters. The Morgan fingerprint density at radius 1 is 0.761 bits per heavy atom. The number of hydrogen-bond donors (Lipinski definition) is 1. The molecule has 0 fully saturated rings. The van der Waals surface area contributed by atoms with Gasteiger partial charge in [-0.15, -0.1) is 0 Å². The number of ether oxygens (including phenoxy) is 5. The summed E-state index contributed by atoms with van der Waals surface area (Å²) in [6.45, 7) is -0.249. The number of fused-ring (bicyclic) bond motifs is 4. The second kappa shape index (κ2) is 12.7. The third-order valence-electron chi connectivity index (χ3n) is 8.18. The van der Waals surface area contributed by atoms with Gasteiger partial charge in [0.05, 0.1) is 34.0 Å². The molecule has 1 aliphatic carbocycles. The molecular formula is C36H32N2O8. The highest BCUT2D eigenvalue weighted by atomic mass is 16.5. The smallest absolute Gasteiger partial charge is 0.407 e. The van der Waals surface area contributed by atoms with Gasteiger partial charge in [-0.1, -0.05) is 48.5 Å². The first-order valence-corrected chi connectivity index (χ1v) is 14.5. The number of nitrogens with zero attached hydrogens (tertiary/aromatic N) is 1. The minimum absolute atomic E-state index is 0.113. The monoisotopic (exact) mass is 620 g/mol. The van der Waals surface area contributed by atoms with E-state index in [1.54, 1.807) is 30.3 Å². The summed E-state index contributed by atoms with van der Waals surface area (Å²) in [7, 11) is 5.92. The second-order valence-corrected chi connectivity index (χ2v) is 10.6. The lowest BCUT2D eigenvalue weighted by molar-refractivity contribution is 0.0904. The lowest BCUT2D eigenvalue weighted by Gasteiger charge is -2.14. The molecule has 5 aromatic rings. The Morgan fingerprint density at radius 3 is 1.98 bits per heavy atom. The molecule has 0 saturated heterocycles. The number of amides is 1. The largest absolute Gasteiger partial charge is 0.497 e. The Kier molecular flexibility index (Phi) is 8.35. The first kappa shape index (κ1) is 30.3. The fraction of sp³-hybridized carbons (Fsp3) is 0.194. The number of ketones is 1. The maximum atomic E-state index is 13.8. The van der Waals surface area contributed by atoms with E-state index < -0.39 is 12.0 Å². The second-order valence-electron chi connectivity index (χ2n) is 10.6. The van der Waals surface area contributed by atoms with Crippen LogP contribution in [0, 0.1) is 0 Å². The number of nitrogens with one attached hydrogen (secondary N) is 1. The molecule has 10 heteroatoms. The van der Waals surface area contributed by atoms with Crippen molar-refractivity contribution in [3.8, 4) is 34.1 Å². The minimum atomic E-state index is -0.724. The van der Waals surface area contributed by atoms with E-state index in [0.29, 0.717) is 33.9 Å². The van der Waals surface area contributed by atoms with Gasteiger partial charge >= 0.3 is 6.09 Å². The summed E-state index contributed by atoms with van der Waals surface area (Å²) in [5.41, 5.74) is 5.39. The molecule has 10 nitrogen and oxygen atoms in total. The molecule has 234 valence electrons. The van der Waals surface area contributed by atoms with Crippen LogP contribution in [0.2, 0.25) is 0 Å². The van der Waals surface area contributed by atoms with Crippen molar-refractivity contribution in [2.45, 2.75) is 5.92 Å². The zero-order chi connectivity index (χ0) is 32.4. The van der Waals surface area contributed by atoms with Crippen molar-refractivity contribution in [2.75, 3.05) is 41.6 Å². The van der Waals surface area contributed by atoms with Crippen molar-refractivity contribution in [2.24, 2.45) is 0 Å². The molecule has 6 rings (SSSR count). The number of benzene rings is 4. The number of alkyl carbamates (subject to hydrolysis) is 1. The molecular weight excluding hydrogens is 588 g/mol. The van der Waals surface area contributed by atoms with Gasteiger partial charge in [0.2, 0.25) is 5.75 Å². The van der Waals surface area contributed by atoms with Crippen LogP contribution < -0.4 is 24.3 Å². The molecule has 1 aliphatic rings. The first-order chi connectivity index (χ1) is 22.4. The predicted molar refractivity (Wildman–Crippen MR) is 172 cm³/mol. The lowest BCUT2D eigenvalue weighted by Crippen LogP contribution is -2.33. The average molecular weight is 621 g/mol. The van der Waals surface area contributed by atoms with E-state index in [-0.39, 0.29) is 36.0 Å². The maximum absolute atomic E-state index is 13.8. The third kappa shape index (κ3) is 5.38. The lowest BCUT2D eigenvalue weighted by atomic mass is 9.98. The van der Waals surface area contributed by atoms with Gasteiger partial charge < -0.3 is 29.0 Å². The Balaban J connectivity index is 1.22. The molecule has 0 bridgehead atoms. The molecule has 4 aromatic carbocycles. The summed E-state index contributed by atoms with van der Waals surface area (Å²) in [5, 5.41) is 3.09. The normalized spacial score (nSPS) is 11.8. The standard InChI is InChI=1S/C36H32N2O8/c1-42-22-13-14-27-28(34(40)21-15-31(43-2)35(45-4)32(16-21)44-3)19-38(30(27)17-22)33(39)18-37-36(41)46-20-29-25-11-7-5-9-23(25)24-10-6-8-12-26(24)29/h5-17,19,29H,18,20H2,1-4H3,(H,37,41). The van der Waals surface area contributed by atoms with Gasteiger partial charge in [-0.2, -0.15) is 0 Å². The number of methoxy groups -OCH3 is 4. The molecule has 0 aliphatic heterocycles. The average Bonchev–Trinajstić information content (AvgIpc) is 3.64. The minimum Gasteiger partial charge on any atom is -0.497 e. The number of aromatic nitrogens is 1. The summed E-state index contributed by atoms with van der Waals surface area (Å²) in [6, 6.07) is 24.3. The van der Waals surface area contributed by atoms with Crippen LogP contribution in [-0.2, 0) is 4.74 Å². The highest BCUT2D eigenvalue weighted by Gasteiger charge is 2.29. The van der Waals surface area contributed by atoms with Crippen LogP contribution >= 0.6 is 0 Å². The van der Waals surface area contributed by atoms with Crippen LogP contribution in [0.15, 0.2) is 85.1 Å². The molecule has 1 N–H and O–H groups in total. The van der Waals surface area contributed by atoms with Crippen LogP contribution in [0.25, 0.3) is 22.0 Å². The van der Waals surface area contributed by atoms with Gasteiger partial charge in [0, 0.05) is 34.7 Å². The highest BCUT2D eigenvalue weighted by Crippen LogP contribution is 2.44. The van der Waals surface area contributed by atoms with Crippen LogP contribution in [0.4, 0.5) is 4.79 Å². The van der Waals surface area contributed by atoms with Crippen molar-refractivity contribution in [1.29, 1.82) is 0 Å². The van der Waals surface area contributed by atoms with E-state index in [0.717, 1.165) is 22.3 Å². The van der Waals surface area contributed by atoms with Gasteiger partial charge in [0.25, 0.3) is 5.91 Å². The van der Waals surface area contributed by atoms with Gasteiger partial charge in [0.15, 0.2) is 17.3 Å². The van der Waals surface area contributed by atoms with Crippen molar-refractivity contribution in [3.63, 3.8) is 0 Å². The zero-order valence-corrected chi connectivity index (χ0v) is 25.8. The molecule has 0 unspecified atom stereocenters. The Labute approximate surface area is 265 Å². The number of hydrogen-bond acceptors (Lipinski definition) is 8. The highest BCUT2D eigenvalue weighted by molar-refractivity contribution is 6.18. The topological polar surface area (TPSA) is 114 Å². The quantitative estimate of drug-likeness (QED) is 0.187. The molecule has 46 heavy (non-hydrogen) atoms. The fourth-order valence-corrected chi connectivity index (χ4v) is 5.97.